The number of aliphatic hydroxyl groups excluding tert-OH is 2. The fourth-order valence-corrected chi connectivity index (χ4v) is 8.17. The highest BCUT2D eigenvalue weighted by molar-refractivity contribution is 6.00. The number of rotatable bonds is 36. The van der Waals surface area contributed by atoms with Gasteiger partial charge in [-0.3, -0.25) is 52.7 Å². The van der Waals surface area contributed by atoms with Crippen molar-refractivity contribution in [2.24, 2.45) is 29.4 Å². The number of hydrogen-bond acceptors (Lipinski definition) is 17. The third kappa shape index (κ3) is 24.4. The number of aromatic nitrogens is 2. The molecule has 0 aliphatic heterocycles. The lowest BCUT2D eigenvalue weighted by Gasteiger charge is -2.31. The van der Waals surface area contributed by atoms with Crippen molar-refractivity contribution >= 4 is 71.1 Å². The summed E-state index contributed by atoms with van der Waals surface area (Å²) in [5.74, 6) is -16.3. The molecule has 1 aromatic heterocycles. The molecule has 1 heterocycles. The Labute approximate surface area is 479 Å². The molecule has 0 saturated carbocycles. The summed E-state index contributed by atoms with van der Waals surface area (Å²) in [7, 11) is 0. The Bertz CT molecular complexity index is 2540. The van der Waals surface area contributed by atoms with E-state index in [1.807, 2.05) is 10.6 Å². The molecule has 2 rings (SSSR count). The molecule has 0 fully saturated rings. The third-order valence-corrected chi connectivity index (χ3v) is 12.9. The molecular weight excluding hydrogens is 1090 g/mol. The van der Waals surface area contributed by atoms with E-state index in [0.29, 0.717) is 11.3 Å². The van der Waals surface area contributed by atoms with Gasteiger partial charge in [0.2, 0.25) is 53.2 Å². The second kappa shape index (κ2) is 34.3. The number of aliphatic carboxylic acids is 3. The number of nitrogens with zero attached hydrogens (tertiary/aromatic N) is 1. The number of aromatic amines is 1. The summed E-state index contributed by atoms with van der Waals surface area (Å²) in [5, 5.41) is 80.1. The Hall–Kier alpha value is -8.25. The summed E-state index contributed by atoms with van der Waals surface area (Å²) in [6, 6.07) is -10.1. The van der Waals surface area contributed by atoms with Crippen molar-refractivity contribution in [2.75, 3.05) is 6.61 Å². The number of imidazole rings is 1. The van der Waals surface area contributed by atoms with Gasteiger partial charge < -0.3 is 89.2 Å². The number of H-pyrrole nitrogens is 1. The van der Waals surface area contributed by atoms with Gasteiger partial charge in [-0.15, -0.1) is 0 Å². The van der Waals surface area contributed by atoms with Crippen LogP contribution in [-0.4, -0.2) is 185 Å². The standard InChI is InChI=1S/C53H82N12O18/c1-10-27(8)42(64-47(76)33(15-24(2)3)58-45(74)34(18-30-21-55-23-56-30)57-44(73)32(54)17-29-11-13-31(68)14-12-29)51(80)63-41(26(6)7)50(79)59-36(20-40(71)72)48(77)65-43(28(9)67)52(81)60-35(19-39(69)70)46(75)62-38(22-66)49(78)61-37(53(82)83)16-25(4)5/h11-14,21,23-28,32-38,41-43,66-68H,10,15-20,22,54H2,1-9H3,(H,55,56)(H,57,73)(H,58,74)(H,59,79)(H,60,81)(H,61,78)(H,62,75)(H,63,80)(H,64,76)(H,65,77)(H,69,70)(H,71,72)(H,82,83)/t27-,28+,32-,33-,34-,35-,36-,37-,38-,41-,42-,43-/m0/s1. The summed E-state index contributed by atoms with van der Waals surface area (Å²) in [6.45, 7) is 13.1. The molecule has 9 amide bonds. The minimum atomic E-state index is -2.09. The summed E-state index contributed by atoms with van der Waals surface area (Å²) >= 11 is 0. The molecule has 2 aromatic rings. The maximum Gasteiger partial charge on any atom is 0.326 e. The average molecular weight is 1180 g/mol. The van der Waals surface area contributed by atoms with Gasteiger partial charge in [0.1, 0.15) is 60.1 Å². The number of carboxylic acids is 3. The SMILES string of the molecule is CC[C@H](C)[C@H](NC(=O)[C@H](CC(C)C)NC(=O)[C@H](Cc1cnc[nH]1)NC(=O)[C@@H](N)Cc1ccc(O)cc1)C(=O)N[C@H](C(=O)N[C@@H](CC(=O)O)C(=O)N[C@H](C(=O)N[C@@H](CC(=O)O)C(=O)N[C@@H](CO)C(=O)N[C@@H](CC(C)C)C(=O)O)[C@@H](C)O)C(C)C. The molecule has 0 bridgehead atoms. The van der Waals surface area contributed by atoms with Crippen LogP contribution in [0.2, 0.25) is 0 Å². The van der Waals surface area contributed by atoms with Crippen LogP contribution in [0.3, 0.4) is 0 Å². The van der Waals surface area contributed by atoms with Crippen LogP contribution >= 0.6 is 0 Å². The second-order valence-electron chi connectivity index (χ2n) is 21.4. The number of nitrogens with one attached hydrogen (secondary N) is 10. The van der Waals surface area contributed by atoms with Gasteiger partial charge in [0.25, 0.3) is 0 Å². The highest BCUT2D eigenvalue weighted by Crippen LogP contribution is 2.15. The molecule has 12 atom stereocenters. The first kappa shape index (κ1) is 70.9. The zero-order valence-electron chi connectivity index (χ0n) is 47.9. The van der Waals surface area contributed by atoms with Gasteiger partial charge in [-0.05, 0) is 67.6 Å². The number of nitrogens with two attached hydrogens (primary N) is 1. The van der Waals surface area contributed by atoms with Crippen LogP contribution in [0.25, 0.3) is 0 Å². The number of hydrogen-bond donors (Lipinski definition) is 17. The fourth-order valence-electron chi connectivity index (χ4n) is 8.17. The number of carboxylic acid groups (broad SMARTS) is 3. The zero-order valence-corrected chi connectivity index (χ0v) is 47.9. The number of amides is 9. The maximum atomic E-state index is 14.3. The van der Waals surface area contributed by atoms with Crippen LogP contribution < -0.4 is 53.6 Å². The van der Waals surface area contributed by atoms with Gasteiger partial charge in [-0.2, -0.15) is 0 Å². The van der Waals surface area contributed by atoms with Gasteiger partial charge in [0.05, 0.1) is 37.9 Å². The molecule has 0 saturated heterocycles. The molecule has 0 radical (unpaired) electrons. The van der Waals surface area contributed by atoms with E-state index in [4.69, 9.17) is 5.73 Å². The number of carbonyl (C=O) groups is 12. The van der Waals surface area contributed by atoms with E-state index in [1.165, 1.54) is 38.5 Å². The van der Waals surface area contributed by atoms with Crippen LogP contribution in [0.5, 0.6) is 5.75 Å². The van der Waals surface area contributed by atoms with Crippen LogP contribution in [0.1, 0.15) is 106 Å². The van der Waals surface area contributed by atoms with Gasteiger partial charge >= 0.3 is 17.9 Å². The van der Waals surface area contributed by atoms with E-state index < -0.39 is 169 Å². The van der Waals surface area contributed by atoms with Gasteiger partial charge in [-0.25, -0.2) is 9.78 Å². The molecule has 0 aliphatic rings. The first-order chi connectivity index (χ1) is 38.8. The Kier molecular flexibility index (Phi) is 29.2. The molecule has 462 valence electrons. The zero-order chi connectivity index (χ0) is 63.0. The van der Waals surface area contributed by atoms with Crippen LogP contribution in [0, 0.1) is 23.7 Å². The molecule has 18 N–H and O–H groups in total. The largest absolute Gasteiger partial charge is 0.508 e. The van der Waals surface area contributed by atoms with Crippen LogP contribution in [-0.2, 0) is 70.4 Å². The average Bonchev–Trinajstić information content (AvgIpc) is 4.08. The quantitative estimate of drug-likeness (QED) is 0.0319. The Morgan fingerprint density at radius 3 is 1.42 bits per heavy atom. The number of aliphatic hydroxyl groups is 2. The van der Waals surface area contributed by atoms with Crippen molar-refractivity contribution in [1.29, 1.82) is 0 Å². The lowest BCUT2D eigenvalue weighted by Crippen LogP contribution is -2.63. The molecule has 0 spiro atoms. The smallest absolute Gasteiger partial charge is 0.326 e. The van der Waals surface area contributed by atoms with Gasteiger partial charge in [0.15, 0.2) is 0 Å². The van der Waals surface area contributed by atoms with Crippen molar-refractivity contribution in [2.45, 2.75) is 174 Å². The summed E-state index contributed by atoms with van der Waals surface area (Å²) in [4.78, 5) is 166. The van der Waals surface area contributed by atoms with Crippen molar-refractivity contribution in [3.05, 3.63) is 48.0 Å². The molecule has 0 unspecified atom stereocenters. The van der Waals surface area contributed by atoms with E-state index in [-0.39, 0.29) is 49.7 Å². The highest BCUT2D eigenvalue weighted by atomic mass is 16.4. The molecular formula is C53H82N12O18. The maximum absolute atomic E-state index is 14.3. The Morgan fingerprint density at radius 1 is 0.530 bits per heavy atom. The predicted octanol–water partition coefficient (Wildman–Crippen LogP) is -3.21. The van der Waals surface area contributed by atoms with Crippen LogP contribution in [0.4, 0.5) is 0 Å². The van der Waals surface area contributed by atoms with E-state index in [9.17, 15) is 88.2 Å². The lowest BCUT2D eigenvalue weighted by molar-refractivity contribution is -0.144. The number of phenols is 1. The van der Waals surface area contributed by atoms with Gasteiger partial charge in [-0.1, -0.05) is 73.9 Å². The number of carbonyl (C=O) groups excluding carboxylic acids is 9. The predicted molar refractivity (Wildman–Crippen MR) is 294 cm³/mol. The first-order valence-electron chi connectivity index (χ1n) is 27.0. The van der Waals surface area contributed by atoms with E-state index in [0.717, 1.165) is 6.92 Å². The topological polar surface area (TPSA) is 489 Å². The highest BCUT2D eigenvalue weighted by Gasteiger charge is 2.39. The minimum absolute atomic E-state index is 0.00963. The Balaban J connectivity index is 2.35. The molecule has 1 aromatic carbocycles. The summed E-state index contributed by atoms with van der Waals surface area (Å²) in [5.41, 5.74) is 7.30. The van der Waals surface area contributed by atoms with Gasteiger partial charge in [0, 0.05) is 18.3 Å². The minimum Gasteiger partial charge on any atom is -0.508 e. The second-order valence-corrected chi connectivity index (χ2v) is 21.4. The number of benzene rings is 1. The van der Waals surface area contributed by atoms with Crippen molar-refractivity contribution in [3.63, 3.8) is 0 Å². The molecule has 0 aliphatic carbocycles. The number of phenolic OH excluding ortho intramolecular Hbond substituents is 1. The number of aromatic hydroxyl groups is 1. The normalized spacial score (nSPS) is 15.7. The summed E-state index contributed by atoms with van der Waals surface area (Å²) in [6.07, 6.45) is -1.14. The fraction of sp³-hybridized carbons (Fsp3) is 0.604. The summed E-state index contributed by atoms with van der Waals surface area (Å²) < 4.78 is 0. The van der Waals surface area contributed by atoms with Crippen molar-refractivity contribution < 1.29 is 88.2 Å². The lowest BCUT2D eigenvalue weighted by atomic mass is 9.95. The van der Waals surface area contributed by atoms with Crippen molar-refractivity contribution in [1.82, 2.24) is 57.8 Å². The Morgan fingerprint density at radius 2 is 0.952 bits per heavy atom. The molecule has 30 heteroatoms. The van der Waals surface area contributed by atoms with E-state index in [1.54, 1.807) is 53.7 Å². The monoisotopic (exact) mass is 1170 g/mol. The van der Waals surface area contributed by atoms with E-state index in [2.05, 4.69) is 47.2 Å². The van der Waals surface area contributed by atoms with Crippen LogP contribution in [0.15, 0.2) is 36.8 Å². The molecule has 83 heavy (non-hydrogen) atoms. The third-order valence-electron chi connectivity index (χ3n) is 12.9. The van der Waals surface area contributed by atoms with E-state index >= 15 is 0 Å². The van der Waals surface area contributed by atoms with Crippen molar-refractivity contribution in [3.8, 4) is 5.75 Å². The first-order valence-corrected chi connectivity index (χ1v) is 27.0. The molecule has 30 nitrogen and oxygen atoms in total.